The summed E-state index contributed by atoms with van der Waals surface area (Å²) in [5, 5.41) is 0.133. The Balaban J connectivity index is 2.83. The van der Waals surface area contributed by atoms with E-state index in [9.17, 15) is 0 Å². The molecule has 0 aromatic heterocycles. The van der Waals surface area contributed by atoms with Crippen molar-refractivity contribution in [2.45, 2.75) is 27.2 Å². The molecule has 4 nitrogen and oxygen atoms in total. The van der Waals surface area contributed by atoms with Crippen LogP contribution < -0.4 is 10.5 Å². The monoisotopic (exact) mass is 293 g/mol. The summed E-state index contributed by atoms with van der Waals surface area (Å²) in [5.74, 6) is 0.741. The highest BCUT2D eigenvalue weighted by atomic mass is 32.1. The first-order valence-corrected chi connectivity index (χ1v) is 7.13. The van der Waals surface area contributed by atoms with Crippen LogP contribution in [0.3, 0.4) is 0 Å². The molecule has 2 N–H and O–H groups in total. The van der Waals surface area contributed by atoms with E-state index in [4.69, 9.17) is 22.7 Å². The Bertz CT molecular complexity index is 500. The van der Waals surface area contributed by atoms with Gasteiger partial charge in [-0.05, 0) is 68.8 Å². The maximum absolute atomic E-state index is 5.51. The van der Waals surface area contributed by atoms with Crippen LogP contribution in [-0.4, -0.2) is 36.6 Å². The molecule has 1 aromatic rings. The Morgan fingerprint density at radius 2 is 2.10 bits per heavy atom. The second-order valence-electron chi connectivity index (χ2n) is 4.84. The number of benzene rings is 1. The highest BCUT2D eigenvalue weighted by molar-refractivity contribution is 7.80. The number of aryl methyl sites for hydroxylation is 2. The van der Waals surface area contributed by atoms with E-state index in [1.165, 1.54) is 11.1 Å². The molecule has 0 bridgehead atoms. The second kappa shape index (κ2) is 7.97. The van der Waals surface area contributed by atoms with Crippen LogP contribution in [0.2, 0.25) is 0 Å². The quantitative estimate of drug-likeness (QED) is 0.515. The number of thiocarbonyl (C=S) groups is 1. The van der Waals surface area contributed by atoms with Crippen LogP contribution in [0, 0.1) is 13.8 Å². The van der Waals surface area contributed by atoms with Gasteiger partial charge in [-0.2, -0.15) is 4.99 Å². The maximum atomic E-state index is 5.51. The lowest BCUT2D eigenvalue weighted by atomic mass is 10.0. The van der Waals surface area contributed by atoms with E-state index in [2.05, 4.69) is 36.9 Å². The molecule has 110 valence electrons. The zero-order valence-electron chi connectivity index (χ0n) is 12.6. The van der Waals surface area contributed by atoms with Crippen molar-refractivity contribution < 1.29 is 4.74 Å². The Labute approximate surface area is 126 Å². The highest BCUT2D eigenvalue weighted by Crippen LogP contribution is 2.23. The molecule has 0 aliphatic rings. The lowest BCUT2D eigenvalue weighted by Gasteiger charge is -2.16. The van der Waals surface area contributed by atoms with E-state index in [1.54, 1.807) is 0 Å². The maximum Gasteiger partial charge on any atom is 0.290 e. The minimum absolute atomic E-state index is 0.133. The van der Waals surface area contributed by atoms with Gasteiger partial charge in [-0.3, -0.25) is 0 Å². The molecule has 0 spiro atoms. The van der Waals surface area contributed by atoms with Gasteiger partial charge in [-0.25, -0.2) is 0 Å². The molecule has 0 aliphatic carbocycles. The number of likely N-dealkylation sites (N-methyl/N-ethyl adjacent to an activating group) is 1. The lowest BCUT2D eigenvalue weighted by molar-refractivity contribution is 0.357. The molecule has 1 aromatic carbocycles. The summed E-state index contributed by atoms with van der Waals surface area (Å²) in [7, 11) is 2.13. The van der Waals surface area contributed by atoms with Crippen LogP contribution in [-0.2, 0) is 6.42 Å². The van der Waals surface area contributed by atoms with Crippen molar-refractivity contribution in [3.05, 3.63) is 28.8 Å². The highest BCUT2D eigenvalue weighted by Gasteiger charge is 2.08. The summed E-state index contributed by atoms with van der Waals surface area (Å²) in [4.78, 5) is 6.03. The van der Waals surface area contributed by atoms with Crippen LogP contribution in [0.25, 0.3) is 0 Å². The Hall–Kier alpha value is -1.46. The van der Waals surface area contributed by atoms with E-state index in [-0.39, 0.29) is 5.17 Å². The third-order valence-corrected chi connectivity index (χ3v) is 3.50. The van der Waals surface area contributed by atoms with Crippen LogP contribution in [0.5, 0.6) is 5.75 Å². The topological polar surface area (TPSA) is 50.8 Å². The smallest absolute Gasteiger partial charge is 0.290 e. The van der Waals surface area contributed by atoms with E-state index in [0.717, 1.165) is 37.2 Å². The predicted molar refractivity (Wildman–Crippen MR) is 88.7 cm³/mol. The van der Waals surface area contributed by atoms with Crippen molar-refractivity contribution in [1.29, 1.82) is 0 Å². The Morgan fingerprint density at radius 3 is 2.70 bits per heavy atom. The Kier molecular flexibility index (Phi) is 6.61. The predicted octanol–water partition coefficient (Wildman–Crippen LogP) is 2.45. The van der Waals surface area contributed by atoms with Crippen LogP contribution in [0.15, 0.2) is 17.1 Å². The first kappa shape index (κ1) is 16.6. The summed E-state index contributed by atoms with van der Waals surface area (Å²) in [6.45, 7) is 8.37. The van der Waals surface area contributed by atoms with Crippen molar-refractivity contribution in [3.8, 4) is 5.75 Å². The summed E-state index contributed by atoms with van der Waals surface area (Å²) in [6, 6.07) is 4.16. The normalized spacial score (nSPS) is 11.2. The van der Waals surface area contributed by atoms with Gasteiger partial charge in [-0.15, -0.1) is 0 Å². The van der Waals surface area contributed by atoms with Gasteiger partial charge in [0.2, 0.25) is 0 Å². The minimum Gasteiger partial charge on any atom is -0.430 e. The number of rotatable bonds is 5. The largest absolute Gasteiger partial charge is 0.430 e. The molecular weight excluding hydrogens is 270 g/mol. The zero-order valence-corrected chi connectivity index (χ0v) is 13.5. The number of aliphatic imine (C=N–C) groups is 1. The summed E-state index contributed by atoms with van der Waals surface area (Å²) in [5.41, 5.74) is 8.79. The van der Waals surface area contributed by atoms with Crippen molar-refractivity contribution in [3.63, 3.8) is 0 Å². The van der Waals surface area contributed by atoms with Crippen molar-refractivity contribution >= 4 is 23.7 Å². The van der Waals surface area contributed by atoms with Gasteiger partial charge in [0.25, 0.3) is 5.17 Å². The average molecular weight is 293 g/mol. The molecule has 1 rings (SSSR count). The van der Waals surface area contributed by atoms with Gasteiger partial charge >= 0.3 is 0 Å². The van der Waals surface area contributed by atoms with E-state index >= 15 is 0 Å². The molecule has 0 saturated carbocycles. The summed E-state index contributed by atoms with van der Waals surface area (Å²) in [6.07, 6.45) is 2.17. The molecule has 0 radical (unpaired) electrons. The number of hydrogen-bond donors (Lipinski definition) is 1. The number of ether oxygens (including phenoxy) is 1. The molecule has 20 heavy (non-hydrogen) atoms. The second-order valence-corrected chi connectivity index (χ2v) is 5.19. The Morgan fingerprint density at radius 1 is 1.40 bits per heavy atom. The van der Waals surface area contributed by atoms with Crippen molar-refractivity contribution in [2.75, 3.05) is 20.1 Å². The van der Waals surface area contributed by atoms with E-state index in [1.807, 2.05) is 13.0 Å². The molecular formula is C15H23N3OS. The summed E-state index contributed by atoms with van der Waals surface area (Å²) >= 11 is 4.97. The fraction of sp³-hybridized carbons (Fsp3) is 0.467. The van der Waals surface area contributed by atoms with E-state index < -0.39 is 0 Å². The van der Waals surface area contributed by atoms with Gasteiger partial charge in [0.15, 0.2) is 0 Å². The third kappa shape index (κ3) is 4.90. The first-order valence-electron chi connectivity index (χ1n) is 6.72. The fourth-order valence-electron chi connectivity index (χ4n) is 1.88. The van der Waals surface area contributed by atoms with Gasteiger partial charge in [-0.1, -0.05) is 13.0 Å². The minimum atomic E-state index is 0.133. The van der Waals surface area contributed by atoms with Crippen LogP contribution in [0.1, 0.15) is 23.6 Å². The lowest BCUT2D eigenvalue weighted by Crippen LogP contribution is -2.20. The summed E-state index contributed by atoms with van der Waals surface area (Å²) < 4.78 is 5.51. The molecule has 0 fully saturated rings. The molecule has 0 saturated heterocycles. The molecule has 5 heteroatoms. The molecule has 0 unspecified atom stereocenters. The molecule has 0 atom stereocenters. The van der Waals surface area contributed by atoms with Crippen molar-refractivity contribution in [2.24, 2.45) is 10.7 Å². The molecule has 0 aliphatic heterocycles. The molecule has 0 heterocycles. The zero-order chi connectivity index (χ0) is 15.1. The van der Waals surface area contributed by atoms with Gasteiger partial charge in [0.05, 0.1) is 6.34 Å². The SMILES string of the molecule is CCN(C)CCc1cc(C)c(OC(=S)/N=C\N)cc1C. The standard InChI is InChI=1S/C15H23N3OS/c1-5-18(4)7-6-13-8-12(3)14(9-11(13)2)19-15(20)17-10-16/h8-10H,5-7H2,1-4H3,(H2,16,17,20). The average Bonchev–Trinajstić information content (AvgIpc) is 2.40. The van der Waals surface area contributed by atoms with E-state index in [0.29, 0.717) is 0 Å². The fourth-order valence-corrected chi connectivity index (χ4v) is 2.03. The van der Waals surface area contributed by atoms with Gasteiger partial charge in [0.1, 0.15) is 5.75 Å². The molecule has 0 amide bonds. The number of nitrogens with zero attached hydrogens (tertiary/aromatic N) is 2. The van der Waals surface area contributed by atoms with Gasteiger partial charge < -0.3 is 15.4 Å². The number of hydrogen-bond acceptors (Lipinski definition) is 3. The third-order valence-electron chi connectivity index (χ3n) is 3.31. The number of nitrogens with two attached hydrogens (primary N) is 1. The van der Waals surface area contributed by atoms with Crippen molar-refractivity contribution in [1.82, 2.24) is 4.90 Å². The first-order chi connectivity index (χ1) is 9.47. The van der Waals surface area contributed by atoms with Crippen LogP contribution >= 0.6 is 12.2 Å². The van der Waals surface area contributed by atoms with Crippen LogP contribution in [0.4, 0.5) is 0 Å². The van der Waals surface area contributed by atoms with Gasteiger partial charge in [0, 0.05) is 6.54 Å².